The molecule has 2 aromatic rings. The van der Waals surface area contributed by atoms with Gasteiger partial charge in [-0.2, -0.15) is 0 Å². The van der Waals surface area contributed by atoms with Crippen molar-refractivity contribution in [2.75, 3.05) is 41.9 Å². The van der Waals surface area contributed by atoms with Crippen LogP contribution in [0.1, 0.15) is 12.8 Å². The lowest BCUT2D eigenvalue weighted by molar-refractivity contribution is -0.120. The van der Waals surface area contributed by atoms with Gasteiger partial charge in [-0.3, -0.25) is 4.79 Å². The quantitative estimate of drug-likeness (QED) is 0.837. The second-order valence-corrected chi connectivity index (χ2v) is 6.86. The number of ether oxygens (including phenoxy) is 1. The Balaban J connectivity index is 1.36. The van der Waals surface area contributed by atoms with Crippen LogP contribution in [-0.2, 0) is 4.79 Å². The summed E-state index contributed by atoms with van der Waals surface area (Å²) < 4.78 is 5.46. The van der Waals surface area contributed by atoms with Crippen molar-refractivity contribution >= 4 is 29.3 Å². The van der Waals surface area contributed by atoms with Gasteiger partial charge in [0.25, 0.3) is 5.91 Å². The second kappa shape index (κ2) is 7.71. The van der Waals surface area contributed by atoms with E-state index >= 15 is 0 Å². The third-order valence-corrected chi connectivity index (χ3v) is 4.90. The molecule has 28 heavy (non-hydrogen) atoms. The van der Waals surface area contributed by atoms with E-state index in [-0.39, 0.29) is 24.6 Å². The van der Waals surface area contributed by atoms with Crippen molar-refractivity contribution in [2.45, 2.75) is 18.9 Å². The molecule has 1 fully saturated rings. The third-order valence-electron chi connectivity index (χ3n) is 4.90. The first kappa shape index (κ1) is 18.0. The fourth-order valence-electron chi connectivity index (χ4n) is 3.44. The highest BCUT2D eigenvalue weighted by atomic mass is 16.5. The highest BCUT2D eigenvalue weighted by Crippen LogP contribution is 2.33. The summed E-state index contributed by atoms with van der Waals surface area (Å²) in [7, 11) is 1.70. The van der Waals surface area contributed by atoms with E-state index in [0.717, 1.165) is 19.4 Å². The molecule has 2 aliphatic rings. The number of aromatic nitrogens is 2. The molecule has 2 aliphatic heterocycles. The molecule has 1 aromatic heterocycles. The Morgan fingerprint density at radius 2 is 2.11 bits per heavy atom. The van der Waals surface area contributed by atoms with E-state index < -0.39 is 0 Å². The van der Waals surface area contributed by atoms with Crippen LogP contribution < -0.4 is 25.2 Å². The summed E-state index contributed by atoms with van der Waals surface area (Å²) in [5.74, 6) is 1.15. The summed E-state index contributed by atoms with van der Waals surface area (Å²) in [4.78, 5) is 36.3. The number of rotatable bonds is 3. The molecule has 3 heterocycles. The maximum Gasteiger partial charge on any atom is 0.319 e. The smallest absolute Gasteiger partial charge is 0.319 e. The number of piperidine rings is 1. The molecule has 9 heteroatoms. The lowest BCUT2D eigenvalue weighted by Crippen LogP contribution is -2.49. The number of hydrogen-bond donors (Lipinski definition) is 2. The number of fused-ring (bicyclic) bond motifs is 1. The van der Waals surface area contributed by atoms with E-state index in [4.69, 9.17) is 4.74 Å². The third kappa shape index (κ3) is 3.83. The van der Waals surface area contributed by atoms with Crippen LogP contribution >= 0.6 is 0 Å². The average molecular weight is 382 g/mol. The molecule has 9 nitrogen and oxygen atoms in total. The van der Waals surface area contributed by atoms with E-state index in [0.29, 0.717) is 29.6 Å². The van der Waals surface area contributed by atoms with Crippen LogP contribution in [0, 0.1) is 0 Å². The highest BCUT2D eigenvalue weighted by molar-refractivity contribution is 5.98. The Morgan fingerprint density at radius 1 is 1.29 bits per heavy atom. The molecule has 146 valence electrons. The van der Waals surface area contributed by atoms with Gasteiger partial charge in [-0.25, -0.2) is 14.8 Å². The minimum atomic E-state index is -0.277. The molecule has 2 N–H and O–H groups in total. The van der Waals surface area contributed by atoms with Crippen LogP contribution in [0.2, 0.25) is 0 Å². The minimum Gasteiger partial charge on any atom is -0.481 e. The molecule has 3 amide bonds. The maximum absolute atomic E-state index is 12.4. The number of carbonyl (C=O) groups is 2. The van der Waals surface area contributed by atoms with Gasteiger partial charge in [0.15, 0.2) is 6.61 Å². The van der Waals surface area contributed by atoms with E-state index in [1.54, 1.807) is 48.6 Å². The van der Waals surface area contributed by atoms with Crippen molar-refractivity contribution in [3.63, 3.8) is 0 Å². The van der Waals surface area contributed by atoms with Gasteiger partial charge in [-0.05, 0) is 31.0 Å². The van der Waals surface area contributed by atoms with E-state index in [1.807, 2.05) is 0 Å². The van der Waals surface area contributed by atoms with Crippen molar-refractivity contribution in [3.8, 4) is 5.75 Å². The van der Waals surface area contributed by atoms with Crippen molar-refractivity contribution in [1.29, 1.82) is 0 Å². The van der Waals surface area contributed by atoms with Gasteiger partial charge < -0.3 is 25.2 Å². The number of nitrogens with one attached hydrogen (secondary N) is 2. The Morgan fingerprint density at radius 3 is 2.93 bits per heavy atom. The molecular weight excluding hydrogens is 360 g/mol. The number of nitrogens with zero attached hydrogens (tertiary/aromatic N) is 4. The number of urea groups is 1. The topological polar surface area (TPSA) is 99.7 Å². The number of benzene rings is 1. The molecule has 1 aromatic carbocycles. The van der Waals surface area contributed by atoms with Crippen LogP contribution in [0.3, 0.4) is 0 Å². The first-order valence-electron chi connectivity index (χ1n) is 9.23. The predicted molar refractivity (Wildman–Crippen MR) is 105 cm³/mol. The first-order valence-corrected chi connectivity index (χ1v) is 9.23. The van der Waals surface area contributed by atoms with E-state index in [1.165, 1.54) is 0 Å². The largest absolute Gasteiger partial charge is 0.481 e. The number of hydrogen-bond acceptors (Lipinski definition) is 6. The number of amides is 3. The molecule has 4 rings (SSSR count). The first-order chi connectivity index (χ1) is 13.6. The summed E-state index contributed by atoms with van der Waals surface area (Å²) in [6.07, 6.45) is 5.29. The number of anilines is 3. The Hall–Kier alpha value is -3.36. The molecule has 1 saturated heterocycles. The van der Waals surface area contributed by atoms with Gasteiger partial charge in [-0.1, -0.05) is 0 Å². The molecule has 0 spiro atoms. The zero-order valence-electron chi connectivity index (χ0n) is 15.6. The van der Waals surface area contributed by atoms with Crippen LogP contribution in [0.5, 0.6) is 5.75 Å². The summed E-state index contributed by atoms with van der Waals surface area (Å²) in [6.45, 7) is 1.54. The molecule has 0 radical (unpaired) electrons. The van der Waals surface area contributed by atoms with Crippen molar-refractivity contribution in [3.05, 3.63) is 36.7 Å². The summed E-state index contributed by atoms with van der Waals surface area (Å²) in [5.41, 5.74) is 1.30. The van der Waals surface area contributed by atoms with E-state index in [9.17, 15) is 9.59 Å². The fourth-order valence-corrected chi connectivity index (χ4v) is 3.44. The molecule has 0 bridgehead atoms. The van der Waals surface area contributed by atoms with Crippen molar-refractivity contribution in [2.24, 2.45) is 0 Å². The Bertz CT molecular complexity index is 875. The van der Waals surface area contributed by atoms with Crippen LogP contribution in [0.4, 0.5) is 22.1 Å². The van der Waals surface area contributed by atoms with Gasteiger partial charge in [0.2, 0.25) is 5.95 Å². The van der Waals surface area contributed by atoms with Crippen LogP contribution in [-0.4, -0.2) is 54.7 Å². The SMILES string of the molecule is CN1C(=O)COc2cc(NC(=O)NC3CCCN(c4ncccn4)C3)ccc21. The van der Waals surface area contributed by atoms with Gasteiger partial charge in [0, 0.05) is 50.3 Å². The zero-order chi connectivity index (χ0) is 19.5. The number of likely N-dealkylation sites (N-methyl/N-ethyl adjacent to an activating group) is 1. The number of carbonyl (C=O) groups excluding carboxylic acids is 2. The van der Waals surface area contributed by atoms with E-state index in [2.05, 4.69) is 25.5 Å². The summed E-state index contributed by atoms with van der Waals surface area (Å²) in [5, 5.41) is 5.85. The zero-order valence-corrected chi connectivity index (χ0v) is 15.6. The van der Waals surface area contributed by atoms with Crippen molar-refractivity contribution in [1.82, 2.24) is 15.3 Å². The molecule has 0 aliphatic carbocycles. The molecule has 1 atom stereocenters. The standard InChI is InChI=1S/C19H22N6O3/c1-24-15-6-5-13(10-16(15)28-12-17(24)26)22-19(27)23-14-4-2-9-25(11-14)18-20-7-3-8-21-18/h3,5-8,10,14H,2,4,9,11-12H2,1H3,(H2,22,23,27). The maximum atomic E-state index is 12.4. The molecule has 1 unspecified atom stereocenters. The lowest BCUT2D eigenvalue weighted by Gasteiger charge is -2.33. The Kier molecular flexibility index (Phi) is 4.96. The Labute approximate surface area is 162 Å². The van der Waals surface area contributed by atoms with Crippen LogP contribution in [0.15, 0.2) is 36.7 Å². The monoisotopic (exact) mass is 382 g/mol. The van der Waals surface area contributed by atoms with Crippen LogP contribution in [0.25, 0.3) is 0 Å². The molecule has 0 saturated carbocycles. The second-order valence-electron chi connectivity index (χ2n) is 6.86. The lowest BCUT2D eigenvalue weighted by atomic mass is 10.1. The highest BCUT2D eigenvalue weighted by Gasteiger charge is 2.24. The normalized spacial score (nSPS) is 18.9. The summed E-state index contributed by atoms with van der Waals surface area (Å²) >= 11 is 0. The molecular formula is C19H22N6O3. The summed E-state index contributed by atoms with van der Waals surface area (Å²) in [6, 6.07) is 6.75. The fraction of sp³-hybridized carbons (Fsp3) is 0.368. The van der Waals surface area contributed by atoms with Gasteiger partial charge in [-0.15, -0.1) is 0 Å². The van der Waals surface area contributed by atoms with Crippen molar-refractivity contribution < 1.29 is 14.3 Å². The van der Waals surface area contributed by atoms with Gasteiger partial charge in [0.1, 0.15) is 5.75 Å². The van der Waals surface area contributed by atoms with Gasteiger partial charge in [0.05, 0.1) is 5.69 Å². The minimum absolute atomic E-state index is 0.00137. The predicted octanol–water partition coefficient (Wildman–Crippen LogP) is 1.62. The average Bonchev–Trinajstić information content (AvgIpc) is 2.71. The van der Waals surface area contributed by atoms with Gasteiger partial charge >= 0.3 is 6.03 Å².